The van der Waals surface area contributed by atoms with Crippen LogP contribution in [-0.2, 0) is 0 Å². The molecule has 0 unspecified atom stereocenters. The molecule has 4 heterocycles. The molecular formula is C33H21N5. The largest absolute Gasteiger partial charge is 0.294 e. The van der Waals surface area contributed by atoms with Gasteiger partial charge in [0.15, 0.2) is 0 Å². The minimum absolute atomic E-state index is 0.917. The number of hydrogen-bond donors (Lipinski definition) is 0. The topological polar surface area (TPSA) is 31.6 Å². The fraction of sp³-hybridized carbons (Fsp3) is 0. The third kappa shape index (κ3) is 2.47. The van der Waals surface area contributed by atoms with E-state index in [4.69, 9.17) is 4.98 Å². The lowest BCUT2D eigenvalue weighted by Crippen LogP contribution is -1.99. The van der Waals surface area contributed by atoms with Gasteiger partial charge in [0, 0.05) is 11.1 Å². The number of imidazole rings is 3. The standard InChI is InChI=1S/C33H21N5/c1-3-14-26-22(10-1)20-32-35(28-16-5-7-18-30(28)37(26)32)23-11-9-12-24(21-23)36-29-17-6-8-19-31(29)38-27-15-4-2-13-25(27)34-33(36)38/h1-21H. The van der Waals surface area contributed by atoms with Gasteiger partial charge in [0.05, 0.1) is 44.3 Å². The number of nitrogens with zero attached hydrogens (tertiary/aromatic N) is 5. The van der Waals surface area contributed by atoms with Crippen molar-refractivity contribution in [2.45, 2.75) is 0 Å². The van der Waals surface area contributed by atoms with Crippen LogP contribution in [0, 0.1) is 0 Å². The Morgan fingerprint density at radius 1 is 0.421 bits per heavy atom. The van der Waals surface area contributed by atoms with Gasteiger partial charge in [0.1, 0.15) is 5.65 Å². The maximum absolute atomic E-state index is 5.06. The number of fused-ring (bicyclic) bond motifs is 10. The zero-order chi connectivity index (χ0) is 24.8. The third-order valence-corrected chi connectivity index (χ3v) is 7.74. The van der Waals surface area contributed by atoms with Crippen LogP contribution < -0.4 is 0 Å². The van der Waals surface area contributed by atoms with Crippen LogP contribution in [0.5, 0.6) is 0 Å². The second-order valence-corrected chi connectivity index (χ2v) is 9.80. The number of benzene rings is 5. The highest BCUT2D eigenvalue weighted by atomic mass is 15.2. The third-order valence-electron chi connectivity index (χ3n) is 7.74. The molecule has 0 aliphatic heterocycles. The molecule has 0 spiro atoms. The summed E-state index contributed by atoms with van der Waals surface area (Å²) < 4.78 is 9.27. The molecule has 4 aromatic heterocycles. The molecule has 0 amide bonds. The highest BCUT2D eigenvalue weighted by molar-refractivity contribution is 5.96. The first kappa shape index (κ1) is 19.8. The van der Waals surface area contributed by atoms with Gasteiger partial charge in [-0.1, -0.05) is 60.7 Å². The van der Waals surface area contributed by atoms with E-state index in [1.165, 1.54) is 21.9 Å². The second-order valence-electron chi connectivity index (χ2n) is 9.80. The summed E-state index contributed by atoms with van der Waals surface area (Å²) in [5, 5.41) is 1.24. The predicted octanol–water partition coefficient (Wildman–Crippen LogP) is 7.78. The van der Waals surface area contributed by atoms with Crippen molar-refractivity contribution in [1.29, 1.82) is 0 Å². The van der Waals surface area contributed by atoms with Gasteiger partial charge in [-0.3, -0.25) is 17.9 Å². The van der Waals surface area contributed by atoms with Crippen LogP contribution in [0.15, 0.2) is 127 Å². The van der Waals surface area contributed by atoms with Crippen molar-refractivity contribution in [3.8, 4) is 11.4 Å². The van der Waals surface area contributed by atoms with Crippen molar-refractivity contribution in [1.82, 2.24) is 22.9 Å². The fourth-order valence-electron chi connectivity index (χ4n) is 6.17. The first-order valence-corrected chi connectivity index (χ1v) is 12.8. The molecule has 5 aromatic carbocycles. The van der Waals surface area contributed by atoms with E-state index in [0.29, 0.717) is 0 Å². The quantitative estimate of drug-likeness (QED) is 0.245. The van der Waals surface area contributed by atoms with Crippen LogP contribution in [0.1, 0.15) is 0 Å². The highest BCUT2D eigenvalue weighted by Gasteiger charge is 2.19. The van der Waals surface area contributed by atoms with Crippen molar-refractivity contribution in [2.24, 2.45) is 0 Å². The molecule has 0 N–H and O–H groups in total. The van der Waals surface area contributed by atoms with Gasteiger partial charge in [0.25, 0.3) is 0 Å². The maximum Gasteiger partial charge on any atom is 0.220 e. The number of hydrogen-bond acceptors (Lipinski definition) is 1. The molecule has 0 saturated heterocycles. The zero-order valence-corrected chi connectivity index (χ0v) is 20.4. The Balaban J connectivity index is 1.37. The zero-order valence-electron chi connectivity index (χ0n) is 20.4. The SMILES string of the molecule is c1cc(-n2c3ccccc3n3c4ccccc4cc23)cc(-n2c3ccccc3n3c4ccccc4nc23)c1. The summed E-state index contributed by atoms with van der Waals surface area (Å²) in [7, 11) is 0. The summed E-state index contributed by atoms with van der Waals surface area (Å²) in [6.45, 7) is 0. The van der Waals surface area contributed by atoms with E-state index in [-0.39, 0.29) is 0 Å². The van der Waals surface area contributed by atoms with Gasteiger partial charge in [-0.05, 0) is 66.7 Å². The van der Waals surface area contributed by atoms with E-state index in [1.807, 2.05) is 6.07 Å². The second kappa shape index (κ2) is 7.14. The van der Waals surface area contributed by atoms with E-state index in [0.717, 1.165) is 44.9 Å². The average molecular weight is 488 g/mol. The lowest BCUT2D eigenvalue weighted by atomic mass is 10.2. The Kier molecular flexibility index (Phi) is 3.73. The summed E-state index contributed by atoms with van der Waals surface area (Å²) >= 11 is 0. The molecule has 5 nitrogen and oxygen atoms in total. The van der Waals surface area contributed by atoms with Crippen LogP contribution in [0.2, 0.25) is 0 Å². The normalized spacial score (nSPS) is 12.2. The molecule has 0 fully saturated rings. The Hall–Kier alpha value is -5.29. The van der Waals surface area contributed by atoms with Gasteiger partial charge < -0.3 is 0 Å². The molecule has 0 radical (unpaired) electrons. The Bertz CT molecular complexity index is 2190. The Morgan fingerprint density at radius 3 is 1.79 bits per heavy atom. The van der Waals surface area contributed by atoms with E-state index in [1.54, 1.807) is 0 Å². The van der Waals surface area contributed by atoms with Gasteiger partial charge >= 0.3 is 0 Å². The van der Waals surface area contributed by atoms with Crippen LogP contribution in [0.3, 0.4) is 0 Å². The van der Waals surface area contributed by atoms with E-state index in [2.05, 4.69) is 139 Å². The van der Waals surface area contributed by atoms with Crippen molar-refractivity contribution >= 4 is 55.4 Å². The van der Waals surface area contributed by atoms with E-state index < -0.39 is 0 Å². The minimum Gasteiger partial charge on any atom is -0.294 e. The van der Waals surface area contributed by atoms with Gasteiger partial charge in [-0.2, -0.15) is 0 Å². The van der Waals surface area contributed by atoms with Crippen LogP contribution >= 0.6 is 0 Å². The van der Waals surface area contributed by atoms with Gasteiger partial charge in [-0.15, -0.1) is 0 Å². The van der Waals surface area contributed by atoms with Gasteiger partial charge in [0.2, 0.25) is 5.78 Å². The van der Waals surface area contributed by atoms with Crippen LogP contribution in [0.4, 0.5) is 0 Å². The summed E-state index contributed by atoms with van der Waals surface area (Å²) in [6, 6.07) is 45.2. The number of rotatable bonds is 2. The molecule has 0 saturated carbocycles. The molecule has 0 aliphatic rings. The average Bonchev–Trinajstić information content (AvgIpc) is 3.69. The summed E-state index contributed by atoms with van der Waals surface area (Å²) in [6.07, 6.45) is 0. The van der Waals surface area contributed by atoms with Crippen LogP contribution in [-0.4, -0.2) is 22.9 Å². The Morgan fingerprint density at radius 2 is 1.00 bits per heavy atom. The molecule has 9 aromatic rings. The van der Waals surface area contributed by atoms with Crippen molar-refractivity contribution in [3.05, 3.63) is 127 Å². The summed E-state index contributed by atoms with van der Waals surface area (Å²) in [4.78, 5) is 5.06. The smallest absolute Gasteiger partial charge is 0.220 e. The molecular weight excluding hydrogens is 466 g/mol. The van der Waals surface area contributed by atoms with E-state index in [9.17, 15) is 0 Å². The first-order chi connectivity index (χ1) is 18.9. The first-order valence-electron chi connectivity index (χ1n) is 12.8. The van der Waals surface area contributed by atoms with Crippen LogP contribution in [0.25, 0.3) is 66.8 Å². The molecule has 0 atom stereocenters. The molecule has 178 valence electrons. The minimum atomic E-state index is 0.917. The Labute approximate surface area is 217 Å². The molecule has 38 heavy (non-hydrogen) atoms. The lowest BCUT2D eigenvalue weighted by Gasteiger charge is -2.10. The van der Waals surface area contributed by atoms with Crippen molar-refractivity contribution in [3.63, 3.8) is 0 Å². The molecule has 0 aliphatic carbocycles. The number of aromatic nitrogens is 5. The maximum atomic E-state index is 5.06. The summed E-state index contributed by atoms with van der Waals surface area (Å²) in [5.41, 5.74) is 11.3. The van der Waals surface area contributed by atoms with Crippen molar-refractivity contribution in [2.75, 3.05) is 0 Å². The number of para-hydroxylation sites is 7. The monoisotopic (exact) mass is 487 g/mol. The molecule has 0 bridgehead atoms. The molecule has 9 rings (SSSR count). The van der Waals surface area contributed by atoms with Gasteiger partial charge in [-0.25, -0.2) is 4.98 Å². The van der Waals surface area contributed by atoms with E-state index >= 15 is 0 Å². The van der Waals surface area contributed by atoms with Crippen molar-refractivity contribution < 1.29 is 0 Å². The predicted molar refractivity (Wildman–Crippen MR) is 155 cm³/mol. The lowest BCUT2D eigenvalue weighted by molar-refractivity contribution is 1.09. The highest BCUT2D eigenvalue weighted by Crippen LogP contribution is 2.33. The fourth-order valence-corrected chi connectivity index (χ4v) is 6.17. The molecule has 5 heteroatoms. The summed E-state index contributed by atoms with van der Waals surface area (Å²) in [5.74, 6) is 0.917.